The average Bonchev–Trinajstić information content (AvgIpc) is 2.83. The van der Waals surface area contributed by atoms with Crippen molar-refractivity contribution in [2.45, 2.75) is 33.6 Å². The normalized spacial score (nSPS) is 11.4. The van der Waals surface area contributed by atoms with Crippen molar-refractivity contribution < 1.29 is 26.8 Å². The number of hydrogen-bond acceptors (Lipinski definition) is 8. The van der Waals surface area contributed by atoms with Crippen LogP contribution in [0.1, 0.15) is 48.3 Å². The second-order valence-corrected chi connectivity index (χ2v) is 10.8. The Morgan fingerprint density at radius 1 is 1.11 bits per heavy atom. The first-order valence-corrected chi connectivity index (χ1v) is 13.5. The number of pyridine rings is 2. The van der Waals surface area contributed by atoms with Crippen LogP contribution in [0.2, 0.25) is 0 Å². The van der Waals surface area contributed by atoms with Gasteiger partial charge in [-0.2, -0.15) is 4.39 Å². The molecule has 13 heteroatoms. The number of benzene rings is 1. The highest BCUT2D eigenvalue weighted by atomic mass is 32.2. The minimum absolute atomic E-state index is 0.0410. The molecule has 204 valence electrons. The summed E-state index contributed by atoms with van der Waals surface area (Å²) in [4.78, 5) is 25.8. The van der Waals surface area contributed by atoms with E-state index < -0.39 is 27.7 Å². The van der Waals surface area contributed by atoms with Gasteiger partial charge >= 0.3 is 0 Å². The molecule has 0 saturated heterocycles. The van der Waals surface area contributed by atoms with Crippen LogP contribution >= 0.6 is 0 Å². The summed E-state index contributed by atoms with van der Waals surface area (Å²) in [6.45, 7) is 7.10. The van der Waals surface area contributed by atoms with E-state index in [1.54, 1.807) is 27.7 Å². The molecule has 2 heterocycles. The molecular weight excluding hydrogens is 518 g/mol. The van der Waals surface area contributed by atoms with Crippen molar-refractivity contribution >= 4 is 44.5 Å². The largest absolute Gasteiger partial charge is 0.353 e. The lowest BCUT2D eigenvalue weighted by molar-refractivity contribution is 0.0365. The zero-order valence-electron chi connectivity index (χ0n) is 21.9. The first kappa shape index (κ1) is 28.7. The molecule has 0 bridgehead atoms. The van der Waals surface area contributed by atoms with E-state index in [1.807, 2.05) is 0 Å². The van der Waals surface area contributed by atoms with Gasteiger partial charge in [0.15, 0.2) is 0 Å². The van der Waals surface area contributed by atoms with Gasteiger partial charge in [0.1, 0.15) is 11.6 Å². The van der Waals surface area contributed by atoms with Crippen LogP contribution in [-0.2, 0) is 14.9 Å². The maximum absolute atomic E-state index is 15.0. The van der Waals surface area contributed by atoms with Crippen LogP contribution in [0.4, 0.5) is 37.3 Å². The predicted molar refractivity (Wildman–Crippen MR) is 143 cm³/mol. The summed E-state index contributed by atoms with van der Waals surface area (Å²) in [5.41, 5.74) is 3.95. The average molecular weight is 549 g/mol. The molecule has 1 amide bonds. The van der Waals surface area contributed by atoms with E-state index >= 15 is 4.39 Å². The van der Waals surface area contributed by atoms with E-state index in [4.69, 9.17) is 4.84 Å². The first-order valence-electron chi connectivity index (χ1n) is 11.7. The van der Waals surface area contributed by atoms with Crippen LogP contribution in [0.15, 0.2) is 36.5 Å². The van der Waals surface area contributed by atoms with Crippen molar-refractivity contribution in [1.29, 1.82) is 0 Å². The highest BCUT2D eigenvalue weighted by molar-refractivity contribution is 7.92. The Morgan fingerprint density at radius 2 is 1.82 bits per heavy atom. The van der Waals surface area contributed by atoms with Crippen LogP contribution in [0, 0.1) is 18.7 Å². The van der Waals surface area contributed by atoms with Gasteiger partial charge in [-0.25, -0.2) is 28.3 Å². The van der Waals surface area contributed by atoms with Gasteiger partial charge in [0.25, 0.3) is 5.91 Å². The third-order valence-corrected chi connectivity index (χ3v) is 6.81. The number of carbonyl (C=O) groups excluding carboxylic acids is 1. The molecule has 10 nitrogen and oxygen atoms in total. The molecule has 0 saturated carbocycles. The molecule has 0 radical (unpaired) electrons. The van der Waals surface area contributed by atoms with Gasteiger partial charge in [0.2, 0.25) is 16.0 Å². The zero-order chi connectivity index (χ0) is 28.2. The van der Waals surface area contributed by atoms with Crippen molar-refractivity contribution in [3.05, 3.63) is 65.1 Å². The highest BCUT2D eigenvalue weighted by Gasteiger charge is 2.22. The Bertz CT molecular complexity index is 1450. The molecule has 0 aliphatic heterocycles. The van der Waals surface area contributed by atoms with E-state index in [-0.39, 0.29) is 41.0 Å². The summed E-state index contributed by atoms with van der Waals surface area (Å²) >= 11 is 0. The molecule has 1 aromatic carbocycles. The Kier molecular flexibility index (Phi) is 8.84. The molecule has 38 heavy (non-hydrogen) atoms. The molecule has 0 fully saturated rings. The number of hydrogen-bond donors (Lipinski definition) is 3. The van der Waals surface area contributed by atoms with Gasteiger partial charge in [0.05, 0.1) is 46.9 Å². The summed E-state index contributed by atoms with van der Waals surface area (Å²) in [5, 5.41) is 6.00. The number of sulfonamides is 1. The molecule has 3 aromatic rings. The van der Waals surface area contributed by atoms with E-state index in [0.29, 0.717) is 16.9 Å². The van der Waals surface area contributed by atoms with Crippen molar-refractivity contribution in [3.8, 4) is 0 Å². The number of aryl methyl sites for hydroxylation is 1. The Labute approximate surface area is 220 Å². The maximum atomic E-state index is 15.0. The van der Waals surface area contributed by atoms with Crippen LogP contribution in [-0.4, -0.2) is 44.2 Å². The summed E-state index contributed by atoms with van der Waals surface area (Å²) in [6, 6.07) is 6.78. The summed E-state index contributed by atoms with van der Waals surface area (Å²) in [7, 11) is -2.36. The smallest absolute Gasteiger partial charge is 0.278 e. The van der Waals surface area contributed by atoms with Crippen molar-refractivity contribution in [3.63, 3.8) is 0 Å². The highest BCUT2D eigenvalue weighted by Crippen LogP contribution is 2.36. The van der Waals surface area contributed by atoms with Crippen LogP contribution in [0.25, 0.3) is 0 Å². The Hall–Kier alpha value is -3.84. The Morgan fingerprint density at radius 3 is 2.42 bits per heavy atom. The number of nitrogens with one attached hydrogen (secondary N) is 3. The van der Waals surface area contributed by atoms with Crippen LogP contribution in [0.5, 0.6) is 0 Å². The molecule has 0 unspecified atom stereocenters. The van der Waals surface area contributed by atoms with Crippen molar-refractivity contribution in [2.75, 3.05) is 34.8 Å². The van der Waals surface area contributed by atoms with E-state index in [2.05, 4.69) is 26.1 Å². The number of rotatable bonds is 10. The molecule has 2 aromatic heterocycles. The van der Waals surface area contributed by atoms with Gasteiger partial charge < -0.3 is 10.6 Å². The number of amides is 1. The van der Waals surface area contributed by atoms with E-state index in [9.17, 15) is 17.6 Å². The fourth-order valence-electron chi connectivity index (χ4n) is 3.51. The van der Waals surface area contributed by atoms with Crippen LogP contribution in [0.3, 0.4) is 0 Å². The van der Waals surface area contributed by atoms with E-state index in [0.717, 1.165) is 10.6 Å². The maximum Gasteiger partial charge on any atom is 0.278 e. The second kappa shape index (κ2) is 11.7. The molecule has 0 spiro atoms. The molecule has 0 aliphatic carbocycles. The van der Waals surface area contributed by atoms with Gasteiger partial charge in [-0.15, -0.1) is 0 Å². The SMILES string of the molecule is CCONC(=O)c1cnc(Nc2ccc(F)nc2C)cc1Nc1cc(F)c(C(C)C)cc1N(C)S(C)(=O)=O. The quantitative estimate of drug-likeness (QED) is 0.245. The molecule has 3 rings (SSSR count). The number of halogens is 2. The van der Waals surface area contributed by atoms with Gasteiger partial charge in [-0.1, -0.05) is 13.8 Å². The number of nitrogens with zero attached hydrogens (tertiary/aromatic N) is 3. The lowest BCUT2D eigenvalue weighted by Gasteiger charge is -2.24. The third-order valence-electron chi connectivity index (χ3n) is 5.62. The van der Waals surface area contributed by atoms with Gasteiger partial charge in [0, 0.05) is 19.3 Å². The van der Waals surface area contributed by atoms with Crippen molar-refractivity contribution in [1.82, 2.24) is 15.4 Å². The number of carbonyl (C=O) groups is 1. The summed E-state index contributed by atoms with van der Waals surface area (Å²) in [6.07, 6.45) is 2.30. The first-order chi connectivity index (χ1) is 17.8. The minimum Gasteiger partial charge on any atom is -0.353 e. The zero-order valence-corrected chi connectivity index (χ0v) is 22.7. The number of aromatic nitrogens is 2. The summed E-state index contributed by atoms with van der Waals surface area (Å²) in [5.74, 6) is -1.78. The van der Waals surface area contributed by atoms with Gasteiger partial charge in [-0.3, -0.25) is 13.9 Å². The van der Waals surface area contributed by atoms with Crippen molar-refractivity contribution in [2.24, 2.45) is 0 Å². The Balaban J connectivity index is 2.14. The lowest BCUT2D eigenvalue weighted by atomic mass is 10.0. The molecule has 3 N–H and O–H groups in total. The number of anilines is 5. The minimum atomic E-state index is -3.71. The fourth-order valence-corrected chi connectivity index (χ4v) is 4.01. The lowest BCUT2D eigenvalue weighted by Crippen LogP contribution is -2.26. The summed E-state index contributed by atoms with van der Waals surface area (Å²) < 4.78 is 54.3. The standard InChI is InChI=1S/C25H30F2N6O4S/c1-7-37-32-25(34)17-13-28-24(31-19-8-9-23(27)29-15(19)4)12-20(17)30-21-11-18(26)16(14(2)3)10-22(21)33(5)38(6,35)36/h8-14H,7H2,1-6H3,(H,32,34)(H2,28,30,31). The van der Waals surface area contributed by atoms with Crippen LogP contribution < -0.4 is 20.4 Å². The fraction of sp³-hybridized carbons (Fsp3) is 0.320. The third kappa shape index (κ3) is 6.72. The van der Waals surface area contributed by atoms with Gasteiger partial charge in [-0.05, 0) is 49.6 Å². The topological polar surface area (TPSA) is 126 Å². The molecular formula is C25H30F2N6O4S. The second-order valence-electron chi connectivity index (χ2n) is 8.77. The molecule has 0 aliphatic rings. The number of hydroxylamine groups is 1. The molecule has 0 atom stereocenters. The monoisotopic (exact) mass is 548 g/mol. The van der Waals surface area contributed by atoms with E-state index in [1.165, 1.54) is 43.6 Å². The predicted octanol–water partition coefficient (Wildman–Crippen LogP) is 4.75.